The number of imide groups is 1. The summed E-state index contributed by atoms with van der Waals surface area (Å²) >= 11 is 0. The SMILES string of the molecule is CCOC(=O)NC(=O)CN(CC)S(=O)(=O)c1ccc(F)c(F)c1F. The van der Waals surface area contributed by atoms with Crippen molar-refractivity contribution in [3.05, 3.63) is 29.6 Å². The molecule has 0 atom stereocenters. The Labute approximate surface area is 136 Å². The van der Waals surface area contributed by atoms with Crippen LogP contribution in [0.4, 0.5) is 18.0 Å². The van der Waals surface area contributed by atoms with Gasteiger partial charge in [0.05, 0.1) is 13.2 Å². The monoisotopic (exact) mass is 368 g/mol. The normalized spacial score (nSPS) is 11.4. The van der Waals surface area contributed by atoms with E-state index in [4.69, 9.17) is 0 Å². The van der Waals surface area contributed by atoms with Gasteiger partial charge in [-0.1, -0.05) is 6.92 Å². The van der Waals surface area contributed by atoms with Gasteiger partial charge in [-0.15, -0.1) is 0 Å². The maximum atomic E-state index is 13.7. The van der Waals surface area contributed by atoms with E-state index in [1.54, 1.807) is 5.32 Å². The summed E-state index contributed by atoms with van der Waals surface area (Å²) in [7, 11) is -4.63. The summed E-state index contributed by atoms with van der Waals surface area (Å²) in [6.07, 6.45) is -1.07. The van der Waals surface area contributed by atoms with E-state index in [1.807, 2.05) is 0 Å². The van der Waals surface area contributed by atoms with Gasteiger partial charge in [-0.05, 0) is 19.1 Å². The maximum Gasteiger partial charge on any atom is 0.413 e. The zero-order valence-electron chi connectivity index (χ0n) is 12.8. The van der Waals surface area contributed by atoms with E-state index in [-0.39, 0.29) is 13.2 Å². The summed E-state index contributed by atoms with van der Waals surface area (Å²) in [6, 6.07) is 1.01. The summed E-state index contributed by atoms with van der Waals surface area (Å²) < 4.78 is 69.4. The highest BCUT2D eigenvalue weighted by atomic mass is 32.2. The van der Waals surface area contributed by atoms with Crippen molar-refractivity contribution in [3.8, 4) is 0 Å². The molecule has 0 heterocycles. The van der Waals surface area contributed by atoms with Crippen LogP contribution < -0.4 is 5.32 Å². The Morgan fingerprint density at radius 3 is 2.33 bits per heavy atom. The van der Waals surface area contributed by atoms with Crippen LogP contribution in [0.1, 0.15) is 13.8 Å². The van der Waals surface area contributed by atoms with E-state index in [9.17, 15) is 31.2 Å². The predicted octanol–water partition coefficient (Wildman–Crippen LogP) is 1.39. The molecule has 0 spiro atoms. The number of nitrogens with one attached hydrogen (secondary N) is 1. The molecular weight excluding hydrogens is 353 g/mol. The molecule has 134 valence electrons. The number of halogens is 3. The van der Waals surface area contributed by atoms with Gasteiger partial charge < -0.3 is 4.74 Å². The lowest BCUT2D eigenvalue weighted by Crippen LogP contribution is -2.43. The standard InChI is InChI=1S/C13H15F3N2O5S/c1-3-18(7-10(19)17-13(20)23-4-2)24(21,22)9-6-5-8(14)11(15)12(9)16/h5-6H,3-4,7H2,1-2H3,(H,17,19,20). The third-order valence-electron chi connectivity index (χ3n) is 2.81. The molecule has 0 saturated heterocycles. The second kappa shape index (κ2) is 8.11. The second-order valence-corrected chi connectivity index (χ2v) is 6.28. The first-order valence-electron chi connectivity index (χ1n) is 6.75. The maximum absolute atomic E-state index is 13.7. The average molecular weight is 368 g/mol. The number of carbonyl (C=O) groups is 2. The molecule has 1 rings (SSSR count). The number of hydrogen-bond donors (Lipinski definition) is 1. The van der Waals surface area contributed by atoms with Crippen LogP contribution in [-0.2, 0) is 19.6 Å². The quantitative estimate of drug-likeness (QED) is 0.766. The molecule has 0 aromatic heterocycles. The number of hydrogen-bond acceptors (Lipinski definition) is 5. The number of rotatable bonds is 6. The Bertz CT molecular complexity index is 739. The Balaban J connectivity index is 3.04. The molecule has 1 N–H and O–H groups in total. The van der Waals surface area contributed by atoms with Gasteiger partial charge in [-0.2, -0.15) is 4.31 Å². The fourth-order valence-corrected chi connectivity index (χ4v) is 3.16. The predicted molar refractivity (Wildman–Crippen MR) is 75.9 cm³/mol. The van der Waals surface area contributed by atoms with Crippen molar-refractivity contribution in [2.45, 2.75) is 18.7 Å². The lowest BCUT2D eigenvalue weighted by molar-refractivity contribution is -0.120. The van der Waals surface area contributed by atoms with Gasteiger partial charge in [-0.25, -0.2) is 26.4 Å². The molecule has 0 aliphatic carbocycles. The number of likely N-dealkylation sites (N-methyl/N-ethyl adjacent to an activating group) is 1. The molecule has 1 aromatic rings. The highest BCUT2D eigenvalue weighted by Crippen LogP contribution is 2.22. The summed E-state index contributed by atoms with van der Waals surface area (Å²) in [4.78, 5) is 21.6. The zero-order chi connectivity index (χ0) is 18.5. The molecule has 0 saturated carbocycles. The van der Waals surface area contributed by atoms with E-state index in [1.165, 1.54) is 13.8 Å². The Kier molecular flexibility index (Phi) is 6.72. The lowest BCUT2D eigenvalue weighted by atomic mass is 10.3. The summed E-state index contributed by atoms with van der Waals surface area (Å²) in [6.45, 7) is 1.72. The van der Waals surface area contributed by atoms with Gasteiger partial charge in [0, 0.05) is 6.54 Å². The smallest absolute Gasteiger partial charge is 0.413 e. The lowest BCUT2D eigenvalue weighted by Gasteiger charge is -2.20. The van der Waals surface area contributed by atoms with Crippen molar-refractivity contribution in [1.29, 1.82) is 0 Å². The van der Waals surface area contributed by atoms with Crippen LogP contribution in [-0.4, -0.2) is 44.4 Å². The first kappa shape index (κ1) is 19.9. The zero-order valence-corrected chi connectivity index (χ0v) is 13.6. The van der Waals surface area contributed by atoms with Crippen LogP contribution in [0.5, 0.6) is 0 Å². The van der Waals surface area contributed by atoms with E-state index in [2.05, 4.69) is 4.74 Å². The summed E-state index contributed by atoms with van der Waals surface area (Å²) in [5.41, 5.74) is 0. The van der Waals surface area contributed by atoms with Gasteiger partial charge in [0.1, 0.15) is 4.90 Å². The fourth-order valence-electron chi connectivity index (χ4n) is 1.69. The number of sulfonamides is 1. The third kappa shape index (κ3) is 4.45. The first-order valence-corrected chi connectivity index (χ1v) is 8.19. The van der Waals surface area contributed by atoms with Crippen LogP contribution in [0.2, 0.25) is 0 Å². The number of carbonyl (C=O) groups excluding carboxylic acids is 2. The topological polar surface area (TPSA) is 92.8 Å². The van der Waals surface area contributed by atoms with Gasteiger partial charge in [0.15, 0.2) is 17.5 Å². The molecule has 0 aliphatic heterocycles. The average Bonchev–Trinajstić information content (AvgIpc) is 2.50. The van der Waals surface area contributed by atoms with Gasteiger partial charge in [0.2, 0.25) is 15.9 Å². The molecule has 1 aromatic carbocycles. The van der Waals surface area contributed by atoms with Crippen LogP contribution >= 0.6 is 0 Å². The fraction of sp³-hybridized carbons (Fsp3) is 0.385. The Morgan fingerprint density at radius 2 is 1.79 bits per heavy atom. The number of ether oxygens (including phenoxy) is 1. The summed E-state index contributed by atoms with van der Waals surface area (Å²) in [5.74, 6) is -6.40. The molecule has 7 nitrogen and oxygen atoms in total. The van der Waals surface area contributed by atoms with E-state index >= 15 is 0 Å². The van der Waals surface area contributed by atoms with Crippen molar-refractivity contribution < 1.29 is 35.9 Å². The largest absolute Gasteiger partial charge is 0.450 e. The van der Waals surface area contributed by atoms with Crippen molar-refractivity contribution in [2.75, 3.05) is 19.7 Å². The van der Waals surface area contributed by atoms with Crippen LogP contribution in [0.15, 0.2) is 17.0 Å². The van der Waals surface area contributed by atoms with Crippen molar-refractivity contribution in [1.82, 2.24) is 9.62 Å². The minimum Gasteiger partial charge on any atom is -0.450 e. The van der Waals surface area contributed by atoms with E-state index < -0.39 is 50.9 Å². The number of alkyl carbamates (subject to hydrolysis) is 1. The van der Waals surface area contributed by atoms with Crippen molar-refractivity contribution in [2.24, 2.45) is 0 Å². The molecule has 0 bridgehead atoms. The van der Waals surface area contributed by atoms with Gasteiger partial charge >= 0.3 is 6.09 Å². The van der Waals surface area contributed by atoms with Crippen molar-refractivity contribution in [3.63, 3.8) is 0 Å². The second-order valence-electron chi connectivity index (χ2n) is 4.37. The van der Waals surface area contributed by atoms with Gasteiger partial charge in [-0.3, -0.25) is 10.1 Å². The van der Waals surface area contributed by atoms with Crippen LogP contribution in [0.25, 0.3) is 0 Å². The highest BCUT2D eigenvalue weighted by Gasteiger charge is 2.30. The molecule has 0 unspecified atom stereocenters. The Hall–Kier alpha value is -2.14. The van der Waals surface area contributed by atoms with Crippen LogP contribution in [0, 0.1) is 17.5 Å². The molecule has 24 heavy (non-hydrogen) atoms. The number of amides is 2. The molecule has 11 heteroatoms. The molecular formula is C13H15F3N2O5S. The number of nitrogens with zero attached hydrogens (tertiary/aromatic N) is 1. The third-order valence-corrected chi connectivity index (χ3v) is 4.75. The van der Waals surface area contributed by atoms with Crippen LogP contribution in [0.3, 0.4) is 0 Å². The highest BCUT2D eigenvalue weighted by molar-refractivity contribution is 7.89. The van der Waals surface area contributed by atoms with E-state index in [0.29, 0.717) is 16.4 Å². The first-order chi connectivity index (χ1) is 11.1. The molecule has 0 aliphatic rings. The van der Waals surface area contributed by atoms with E-state index in [0.717, 1.165) is 0 Å². The van der Waals surface area contributed by atoms with Crippen molar-refractivity contribution >= 4 is 22.0 Å². The summed E-state index contributed by atoms with van der Waals surface area (Å²) in [5, 5.41) is 1.77. The minimum absolute atomic E-state index is 0.00499. The Morgan fingerprint density at radius 1 is 1.17 bits per heavy atom. The molecule has 2 amide bonds. The number of benzene rings is 1. The minimum atomic E-state index is -4.63. The van der Waals surface area contributed by atoms with Gasteiger partial charge in [0.25, 0.3) is 0 Å². The molecule has 0 fully saturated rings. The molecule has 0 radical (unpaired) electrons.